The second kappa shape index (κ2) is 4.53. The van der Waals surface area contributed by atoms with Crippen LogP contribution in [-0.2, 0) is 0 Å². The number of fused-ring (bicyclic) bond motifs is 1. The Kier molecular flexibility index (Phi) is 3.11. The highest BCUT2D eigenvalue weighted by molar-refractivity contribution is 5.45. The van der Waals surface area contributed by atoms with Crippen molar-refractivity contribution in [1.82, 2.24) is 5.32 Å². The van der Waals surface area contributed by atoms with Crippen LogP contribution >= 0.6 is 0 Å². The summed E-state index contributed by atoms with van der Waals surface area (Å²) in [6.45, 7) is 5.71. The maximum Gasteiger partial charge on any atom is 0.231 e. The smallest absolute Gasteiger partial charge is 0.231 e. The largest absolute Gasteiger partial charge is 0.454 e. The first-order chi connectivity index (χ1) is 7.31. The summed E-state index contributed by atoms with van der Waals surface area (Å²) in [5.41, 5.74) is 1.24. The van der Waals surface area contributed by atoms with Crippen LogP contribution in [0, 0.1) is 0 Å². The number of rotatable bonds is 4. The minimum absolute atomic E-state index is 0.343. The fourth-order valence-corrected chi connectivity index (χ4v) is 1.66. The number of ether oxygens (including phenoxy) is 2. The molecule has 3 heteroatoms. The molecule has 0 radical (unpaired) electrons. The Hall–Kier alpha value is -1.22. The highest BCUT2D eigenvalue weighted by atomic mass is 16.7. The van der Waals surface area contributed by atoms with E-state index < -0.39 is 0 Å². The lowest BCUT2D eigenvalue weighted by molar-refractivity contribution is 0.174. The van der Waals surface area contributed by atoms with Gasteiger partial charge in [-0.3, -0.25) is 0 Å². The second-order valence-electron chi connectivity index (χ2n) is 3.79. The van der Waals surface area contributed by atoms with Crippen molar-refractivity contribution < 1.29 is 9.47 Å². The molecule has 1 aromatic rings. The highest BCUT2D eigenvalue weighted by Gasteiger charge is 2.15. The van der Waals surface area contributed by atoms with Crippen LogP contribution in [0.3, 0.4) is 0 Å². The topological polar surface area (TPSA) is 30.5 Å². The molecule has 1 heterocycles. The standard InChI is InChI=1S/C12H17NO2/c1-3-6-13-9(2)10-4-5-11-12(7-10)15-8-14-11/h4-5,7,9,13H,3,6,8H2,1-2H3/t9-/m0/s1. The number of hydrogen-bond acceptors (Lipinski definition) is 3. The van der Waals surface area contributed by atoms with E-state index in [1.807, 2.05) is 6.07 Å². The fourth-order valence-electron chi connectivity index (χ4n) is 1.66. The van der Waals surface area contributed by atoms with Crippen molar-refractivity contribution in [2.24, 2.45) is 0 Å². The molecule has 1 atom stereocenters. The molecule has 2 rings (SSSR count). The Morgan fingerprint density at radius 3 is 2.93 bits per heavy atom. The number of hydrogen-bond donors (Lipinski definition) is 1. The van der Waals surface area contributed by atoms with E-state index in [1.54, 1.807) is 0 Å². The van der Waals surface area contributed by atoms with Crippen LogP contribution in [0.1, 0.15) is 31.9 Å². The van der Waals surface area contributed by atoms with Crippen LogP contribution in [0.2, 0.25) is 0 Å². The van der Waals surface area contributed by atoms with Crippen LogP contribution < -0.4 is 14.8 Å². The van der Waals surface area contributed by atoms with E-state index in [0.717, 1.165) is 24.5 Å². The lowest BCUT2D eigenvalue weighted by atomic mass is 10.1. The van der Waals surface area contributed by atoms with Crippen molar-refractivity contribution >= 4 is 0 Å². The van der Waals surface area contributed by atoms with Crippen molar-refractivity contribution in [2.75, 3.05) is 13.3 Å². The quantitative estimate of drug-likeness (QED) is 0.822. The molecule has 0 bridgehead atoms. The third-order valence-electron chi connectivity index (χ3n) is 2.60. The Balaban J connectivity index is 2.08. The van der Waals surface area contributed by atoms with Crippen LogP contribution in [0.4, 0.5) is 0 Å². The molecule has 0 unspecified atom stereocenters. The zero-order valence-electron chi connectivity index (χ0n) is 9.25. The van der Waals surface area contributed by atoms with Crippen molar-refractivity contribution in [3.05, 3.63) is 23.8 Å². The molecule has 0 aliphatic carbocycles. The summed E-state index contributed by atoms with van der Waals surface area (Å²) in [6.07, 6.45) is 1.15. The van der Waals surface area contributed by atoms with E-state index in [0.29, 0.717) is 12.8 Å². The molecule has 0 saturated carbocycles. The van der Waals surface area contributed by atoms with Crippen molar-refractivity contribution in [3.8, 4) is 11.5 Å². The molecular weight excluding hydrogens is 190 g/mol. The second-order valence-corrected chi connectivity index (χ2v) is 3.79. The third-order valence-corrected chi connectivity index (χ3v) is 2.60. The Morgan fingerprint density at radius 2 is 2.13 bits per heavy atom. The molecule has 1 N–H and O–H groups in total. The predicted molar refractivity (Wildman–Crippen MR) is 59.3 cm³/mol. The number of nitrogens with one attached hydrogen (secondary N) is 1. The Morgan fingerprint density at radius 1 is 1.33 bits per heavy atom. The molecule has 15 heavy (non-hydrogen) atoms. The van der Waals surface area contributed by atoms with Gasteiger partial charge in [0.1, 0.15) is 0 Å². The SMILES string of the molecule is CCCN[C@@H](C)c1ccc2c(c1)OCO2. The molecule has 0 aromatic heterocycles. The van der Waals surface area contributed by atoms with Gasteiger partial charge in [-0.25, -0.2) is 0 Å². The van der Waals surface area contributed by atoms with E-state index in [9.17, 15) is 0 Å². The van der Waals surface area contributed by atoms with Crippen molar-refractivity contribution in [2.45, 2.75) is 26.3 Å². The molecule has 1 aliphatic rings. The van der Waals surface area contributed by atoms with Gasteiger partial charge in [0.25, 0.3) is 0 Å². The lowest BCUT2D eigenvalue weighted by Crippen LogP contribution is -2.19. The van der Waals surface area contributed by atoms with Crippen LogP contribution in [-0.4, -0.2) is 13.3 Å². The van der Waals surface area contributed by atoms with Crippen LogP contribution in [0.5, 0.6) is 11.5 Å². The normalized spacial score (nSPS) is 15.3. The maximum atomic E-state index is 5.34. The highest BCUT2D eigenvalue weighted by Crippen LogP contribution is 2.33. The van der Waals surface area contributed by atoms with Crippen molar-refractivity contribution in [3.63, 3.8) is 0 Å². The summed E-state index contributed by atoms with van der Waals surface area (Å²) in [5, 5.41) is 3.44. The van der Waals surface area contributed by atoms with Gasteiger partial charge in [-0.05, 0) is 37.6 Å². The van der Waals surface area contributed by atoms with E-state index >= 15 is 0 Å². The van der Waals surface area contributed by atoms with Gasteiger partial charge in [0.15, 0.2) is 11.5 Å². The molecule has 82 valence electrons. The lowest BCUT2D eigenvalue weighted by Gasteiger charge is -2.13. The summed E-state index contributed by atoms with van der Waals surface area (Å²) in [5.74, 6) is 1.71. The summed E-state index contributed by atoms with van der Waals surface area (Å²) >= 11 is 0. The van der Waals surface area contributed by atoms with Gasteiger partial charge in [0.2, 0.25) is 6.79 Å². The first-order valence-electron chi connectivity index (χ1n) is 5.44. The minimum atomic E-state index is 0.343. The van der Waals surface area contributed by atoms with Gasteiger partial charge >= 0.3 is 0 Å². The van der Waals surface area contributed by atoms with Gasteiger partial charge in [0, 0.05) is 6.04 Å². The van der Waals surface area contributed by atoms with Gasteiger partial charge < -0.3 is 14.8 Å². The zero-order valence-corrected chi connectivity index (χ0v) is 9.25. The zero-order chi connectivity index (χ0) is 10.7. The van der Waals surface area contributed by atoms with Gasteiger partial charge in [-0.15, -0.1) is 0 Å². The Bertz CT molecular complexity index is 338. The van der Waals surface area contributed by atoms with Gasteiger partial charge in [0.05, 0.1) is 0 Å². The van der Waals surface area contributed by atoms with Gasteiger partial charge in [-0.2, -0.15) is 0 Å². The summed E-state index contributed by atoms with van der Waals surface area (Å²) in [7, 11) is 0. The third kappa shape index (κ3) is 2.23. The van der Waals surface area contributed by atoms with Crippen molar-refractivity contribution in [1.29, 1.82) is 0 Å². The molecule has 0 fully saturated rings. The van der Waals surface area contributed by atoms with Crippen LogP contribution in [0.25, 0.3) is 0 Å². The van der Waals surface area contributed by atoms with Crippen LogP contribution in [0.15, 0.2) is 18.2 Å². The monoisotopic (exact) mass is 207 g/mol. The molecule has 0 amide bonds. The molecule has 0 spiro atoms. The minimum Gasteiger partial charge on any atom is -0.454 e. The van der Waals surface area contributed by atoms with E-state index in [2.05, 4.69) is 31.3 Å². The van der Waals surface area contributed by atoms with E-state index in [1.165, 1.54) is 5.56 Å². The summed E-state index contributed by atoms with van der Waals surface area (Å²) < 4.78 is 10.6. The molecule has 1 aromatic carbocycles. The first kappa shape index (κ1) is 10.3. The molecule has 0 saturated heterocycles. The fraction of sp³-hybridized carbons (Fsp3) is 0.500. The molecular formula is C12H17NO2. The maximum absolute atomic E-state index is 5.34. The van der Waals surface area contributed by atoms with E-state index in [-0.39, 0.29) is 0 Å². The first-order valence-corrected chi connectivity index (χ1v) is 5.44. The molecule has 3 nitrogen and oxygen atoms in total. The molecule has 1 aliphatic heterocycles. The number of benzene rings is 1. The Labute approximate surface area is 90.4 Å². The average Bonchev–Trinajstić information content (AvgIpc) is 2.72. The predicted octanol–water partition coefficient (Wildman–Crippen LogP) is 2.48. The summed E-state index contributed by atoms with van der Waals surface area (Å²) in [4.78, 5) is 0. The average molecular weight is 207 g/mol. The van der Waals surface area contributed by atoms with Gasteiger partial charge in [-0.1, -0.05) is 13.0 Å². The van der Waals surface area contributed by atoms with E-state index in [4.69, 9.17) is 9.47 Å². The summed E-state index contributed by atoms with van der Waals surface area (Å²) in [6, 6.07) is 6.47.